The SMILES string of the molecule is CSCCCCNCC(C)(C)O. The summed E-state index contributed by atoms with van der Waals surface area (Å²) in [4.78, 5) is 0. The number of nitrogens with one attached hydrogen (secondary N) is 1. The van der Waals surface area contributed by atoms with Gasteiger partial charge in [-0.3, -0.25) is 0 Å². The minimum atomic E-state index is -0.570. The third-order valence-corrected chi connectivity index (χ3v) is 2.21. The number of hydrogen-bond acceptors (Lipinski definition) is 3. The second-order valence-electron chi connectivity index (χ2n) is 3.69. The molecule has 2 N–H and O–H groups in total. The number of hydrogen-bond donors (Lipinski definition) is 2. The van der Waals surface area contributed by atoms with Crippen LogP contribution in [0.5, 0.6) is 0 Å². The first-order chi connectivity index (χ1) is 5.56. The van der Waals surface area contributed by atoms with Crippen molar-refractivity contribution < 1.29 is 5.11 Å². The molecule has 0 aromatic rings. The van der Waals surface area contributed by atoms with Crippen molar-refractivity contribution in [2.24, 2.45) is 0 Å². The maximum atomic E-state index is 9.35. The summed E-state index contributed by atoms with van der Waals surface area (Å²) < 4.78 is 0. The van der Waals surface area contributed by atoms with Gasteiger partial charge in [-0.15, -0.1) is 0 Å². The molecule has 0 aromatic carbocycles. The van der Waals surface area contributed by atoms with Crippen LogP contribution >= 0.6 is 11.8 Å². The molecule has 2 nitrogen and oxygen atoms in total. The molecular formula is C9H21NOS. The summed E-state index contributed by atoms with van der Waals surface area (Å²) in [6, 6.07) is 0. The highest BCUT2D eigenvalue weighted by atomic mass is 32.2. The highest BCUT2D eigenvalue weighted by molar-refractivity contribution is 7.98. The number of aliphatic hydroxyl groups is 1. The molecule has 0 atom stereocenters. The van der Waals surface area contributed by atoms with Crippen molar-refractivity contribution in [1.29, 1.82) is 0 Å². The molecular weight excluding hydrogens is 170 g/mol. The molecule has 0 saturated carbocycles. The molecule has 0 fully saturated rings. The molecule has 0 spiro atoms. The molecule has 0 aliphatic rings. The van der Waals surface area contributed by atoms with E-state index in [9.17, 15) is 5.11 Å². The summed E-state index contributed by atoms with van der Waals surface area (Å²) in [6.45, 7) is 5.35. The normalized spacial score (nSPS) is 12.0. The van der Waals surface area contributed by atoms with Gasteiger partial charge in [0.2, 0.25) is 0 Å². The zero-order chi connectivity index (χ0) is 9.45. The zero-order valence-corrected chi connectivity index (χ0v) is 9.21. The van der Waals surface area contributed by atoms with Crippen LogP contribution < -0.4 is 5.32 Å². The van der Waals surface area contributed by atoms with Crippen LogP contribution in [0.2, 0.25) is 0 Å². The summed E-state index contributed by atoms with van der Waals surface area (Å²) in [6.07, 6.45) is 4.60. The van der Waals surface area contributed by atoms with E-state index in [1.165, 1.54) is 18.6 Å². The first-order valence-electron chi connectivity index (χ1n) is 4.48. The summed E-state index contributed by atoms with van der Waals surface area (Å²) in [5.41, 5.74) is -0.570. The van der Waals surface area contributed by atoms with Gasteiger partial charge in [0.15, 0.2) is 0 Å². The van der Waals surface area contributed by atoms with E-state index in [-0.39, 0.29) is 0 Å². The highest BCUT2D eigenvalue weighted by Crippen LogP contribution is 1.99. The molecule has 74 valence electrons. The minimum absolute atomic E-state index is 0.570. The molecule has 0 amide bonds. The topological polar surface area (TPSA) is 32.3 Å². The van der Waals surface area contributed by atoms with Crippen molar-refractivity contribution in [2.45, 2.75) is 32.3 Å². The Labute approximate surface area is 80.1 Å². The quantitative estimate of drug-likeness (QED) is 0.598. The van der Waals surface area contributed by atoms with Crippen LogP contribution in [0, 0.1) is 0 Å². The van der Waals surface area contributed by atoms with Gasteiger partial charge in [0.05, 0.1) is 5.60 Å². The lowest BCUT2D eigenvalue weighted by atomic mass is 10.1. The average Bonchev–Trinajstić information content (AvgIpc) is 1.94. The second-order valence-corrected chi connectivity index (χ2v) is 4.67. The zero-order valence-electron chi connectivity index (χ0n) is 8.39. The lowest BCUT2D eigenvalue weighted by Crippen LogP contribution is -2.35. The van der Waals surface area contributed by atoms with Gasteiger partial charge in [-0.05, 0) is 45.2 Å². The lowest BCUT2D eigenvalue weighted by Gasteiger charge is -2.17. The van der Waals surface area contributed by atoms with Crippen molar-refractivity contribution >= 4 is 11.8 Å². The lowest BCUT2D eigenvalue weighted by molar-refractivity contribution is 0.0799. The van der Waals surface area contributed by atoms with Gasteiger partial charge in [0.25, 0.3) is 0 Å². The van der Waals surface area contributed by atoms with Crippen molar-refractivity contribution in [2.75, 3.05) is 25.1 Å². The van der Waals surface area contributed by atoms with Gasteiger partial charge in [-0.1, -0.05) is 0 Å². The standard InChI is InChI=1S/C9H21NOS/c1-9(2,11)8-10-6-4-5-7-12-3/h10-11H,4-8H2,1-3H3. The van der Waals surface area contributed by atoms with Crippen molar-refractivity contribution in [1.82, 2.24) is 5.32 Å². The van der Waals surface area contributed by atoms with Crippen molar-refractivity contribution in [3.05, 3.63) is 0 Å². The Morgan fingerprint density at radius 2 is 2.00 bits per heavy atom. The van der Waals surface area contributed by atoms with E-state index in [1.54, 1.807) is 0 Å². The van der Waals surface area contributed by atoms with Crippen LogP contribution in [0.3, 0.4) is 0 Å². The summed E-state index contributed by atoms with van der Waals surface area (Å²) in [5, 5.41) is 12.6. The average molecular weight is 191 g/mol. The fourth-order valence-corrected chi connectivity index (χ4v) is 1.38. The molecule has 3 heteroatoms. The Kier molecular flexibility index (Phi) is 6.90. The number of thioether (sulfide) groups is 1. The first kappa shape index (κ1) is 12.3. The predicted molar refractivity (Wildman–Crippen MR) is 56.8 cm³/mol. The molecule has 0 aliphatic heterocycles. The van der Waals surface area contributed by atoms with Gasteiger partial charge < -0.3 is 10.4 Å². The number of rotatable bonds is 7. The third kappa shape index (κ3) is 10.3. The molecule has 0 aliphatic carbocycles. The Hall–Kier alpha value is 0.270. The molecule has 0 bridgehead atoms. The summed E-state index contributed by atoms with van der Waals surface area (Å²) in [5.74, 6) is 1.24. The maximum absolute atomic E-state index is 9.35. The summed E-state index contributed by atoms with van der Waals surface area (Å²) in [7, 11) is 0. The van der Waals surface area contributed by atoms with E-state index in [1.807, 2.05) is 25.6 Å². The monoisotopic (exact) mass is 191 g/mol. The molecule has 0 unspecified atom stereocenters. The van der Waals surface area contributed by atoms with E-state index in [2.05, 4.69) is 11.6 Å². The van der Waals surface area contributed by atoms with E-state index in [4.69, 9.17) is 0 Å². The van der Waals surface area contributed by atoms with Gasteiger partial charge in [0.1, 0.15) is 0 Å². The molecule has 0 radical (unpaired) electrons. The van der Waals surface area contributed by atoms with Gasteiger partial charge >= 0.3 is 0 Å². The van der Waals surface area contributed by atoms with E-state index < -0.39 is 5.60 Å². The van der Waals surface area contributed by atoms with Crippen LogP contribution in [0.25, 0.3) is 0 Å². The Bertz CT molecular complexity index is 101. The van der Waals surface area contributed by atoms with Crippen LogP contribution in [-0.2, 0) is 0 Å². The van der Waals surface area contributed by atoms with Gasteiger partial charge in [-0.25, -0.2) is 0 Å². The predicted octanol–water partition coefficient (Wildman–Crippen LogP) is 1.49. The second kappa shape index (κ2) is 6.75. The minimum Gasteiger partial charge on any atom is -0.389 e. The van der Waals surface area contributed by atoms with Crippen LogP contribution in [0.1, 0.15) is 26.7 Å². The van der Waals surface area contributed by atoms with E-state index in [0.29, 0.717) is 6.54 Å². The van der Waals surface area contributed by atoms with Crippen LogP contribution in [0.15, 0.2) is 0 Å². The van der Waals surface area contributed by atoms with Crippen molar-refractivity contribution in [3.8, 4) is 0 Å². The Morgan fingerprint density at radius 1 is 1.33 bits per heavy atom. The van der Waals surface area contributed by atoms with Crippen LogP contribution in [0.4, 0.5) is 0 Å². The first-order valence-corrected chi connectivity index (χ1v) is 5.88. The Morgan fingerprint density at radius 3 is 2.50 bits per heavy atom. The number of unbranched alkanes of at least 4 members (excludes halogenated alkanes) is 1. The van der Waals surface area contributed by atoms with Gasteiger partial charge in [0, 0.05) is 6.54 Å². The van der Waals surface area contributed by atoms with Crippen molar-refractivity contribution in [3.63, 3.8) is 0 Å². The molecule has 0 saturated heterocycles. The van der Waals surface area contributed by atoms with E-state index >= 15 is 0 Å². The molecule has 0 rings (SSSR count). The fourth-order valence-electron chi connectivity index (χ4n) is 0.891. The third-order valence-electron chi connectivity index (χ3n) is 1.51. The highest BCUT2D eigenvalue weighted by Gasteiger charge is 2.10. The molecule has 12 heavy (non-hydrogen) atoms. The smallest absolute Gasteiger partial charge is 0.0715 e. The molecule has 0 aromatic heterocycles. The van der Waals surface area contributed by atoms with Crippen LogP contribution in [-0.4, -0.2) is 35.8 Å². The van der Waals surface area contributed by atoms with Gasteiger partial charge in [-0.2, -0.15) is 11.8 Å². The largest absolute Gasteiger partial charge is 0.389 e. The summed E-state index contributed by atoms with van der Waals surface area (Å²) >= 11 is 1.89. The fraction of sp³-hybridized carbons (Fsp3) is 1.00. The molecule has 0 heterocycles. The Balaban J connectivity index is 3.01. The van der Waals surface area contributed by atoms with E-state index in [0.717, 1.165) is 6.54 Å². The maximum Gasteiger partial charge on any atom is 0.0715 e.